The Morgan fingerprint density at radius 3 is 2.50 bits per heavy atom. The molecule has 2 saturated heterocycles. The van der Waals surface area contributed by atoms with Crippen LogP contribution in [0.15, 0.2) is 0 Å². The predicted molar refractivity (Wildman–Crippen MR) is 88.8 cm³/mol. The summed E-state index contributed by atoms with van der Waals surface area (Å²) in [6.07, 6.45) is 1.85. The van der Waals surface area contributed by atoms with Gasteiger partial charge in [-0.3, -0.25) is 4.57 Å². The maximum Gasteiger partial charge on any atom is 0.298 e. The molecule has 0 spiro atoms. The van der Waals surface area contributed by atoms with Gasteiger partial charge in [-0.15, -0.1) is 0 Å². The number of aryl methyl sites for hydroxylation is 1. The fourth-order valence-corrected chi connectivity index (χ4v) is 3.20. The number of anilines is 1. The highest BCUT2D eigenvalue weighted by molar-refractivity contribution is 6.28. The summed E-state index contributed by atoms with van der Waals surface area (Å²) in [6, 6.07) is 0.544. The molecule has 0 bridgehead atoms. The first-order valence-corrected chi connectivity index (χ1v) is 8.57. The number of nitrogens with zero attached hydrogens (tertiary/aromatic N) is 5. The Morgan fingerprint density at radius 1 is 1.04 bits per heavy atom. The van der Waals surface area contributed by atoms with Crippen molar-refractivity contribution in [1.29, 1.82) is 0 Å². The Balaban J connectivity index is 1.70. The Hall–Kier alpha value is -1.64. The molecule has 0 atom stereocenters. The van der Waals surface area contributed by atoms with E-state index in [1.807, 2.05) is 11.6 Å². The normalized spacial score (nSPS) is 19.8. The first kappa shape index (κ1) is 15.9. The molecule has 2 aromatic rings. The average Bonchev–Trinajstić information content (AvgIpc) is 2.92. The van der Waals surface area contributed by atoms with Crippen molar-refractivity contribution in [1.82, 2.24) is 19.5 Å². The van der Waals surface area contributed by atoms with Crippen LogP contribution in [-0.2, 0) is 16.5 Å². The second kappa shape index (κ2) is 6.70. The van der Waals surface area contributed by atoms with E-state index in [-0.39, 0.29) is 11.4 Å². The SMILES string of the molecule is Cn1c(OC2CCOCC2)nc2c(N3CCOCC3)nc(Cl)nc21. The summed E-state index contributed by atoms with van der Waals surface area (Å²) in [5, 5.41) is 0.213. The van der Waals surface area contributed by atoms with Gasteiger partial charge in [0.2, 0.25) is 5.28 Å². The van der Waals surface area contributed by atoms with Gasteiger partial charge >= 0.3 is 0 Å². The van der Waals surface area contributed by atoms with Gasteiger partial charge in [-0.1, -0.05) is 0 Å². The van der Waals surface area contributed by atoms with Crippen molar-refractivity contribution >= 4 is 28.6 Å². The van der Waals surface area contributed by atoms with Gasteiger partial charge in [0.1, 0.15) is 6.10 Å². The third-order valence-corrected chi connectivity index (χ3v) is 4.55. The van der Waals surface area contributed by atoms with Crippen LogP contribution in [0.3, 0.4) is 0 Å². The third-order valence-electron chi connectivity index (χ3n) is 4.38. The molecule has 2 aromatic heterocycles. The standard InChI is InChI=1S/C15H20ClN5O3/c1-20-12-11(17-15(20)24-10-2-6-22-7-3-10)13(19-14(16)18-12)21-4-8-23-9-5-21/h10H,2-9H2,1H3. The van der Waals surface area contributed by atoms with Crippen LogP contribution in [0.4, 0.5) is 5.82 Å². The van der Waals surface area contributed by atoms with Crippen molar-refractivity contribution in [3.05, 3.63) is 5.28 Å². The van der Waals surface area contributed by atoms with E-state index in [1.165, 1.54) is 0 Å². The molecule has 4 heterocycles. The lowest BCUT2D eigenvalue weighted by atomic mass is 10.2. The molecule has 0 aromatic carbocycles. The molecule has 8 nitrogen and oxygen atoms in total. The van der Waals surface area contributed by atoms with Gasteiger partial charge in [0.15, 0.2) is 17.0 Å². The van der Waals surface area contributed by atoms with Crippen LogP contribution in [0, 0.1) is 0 Å². The predicted octanol–water partition coefficient (Wildman–Crippen LogP) is 1.41. The summed E-state index contributed by atoms with van der Waals surface area (Å²) < 4.78 is 18.7. The van der Waals surface area contributed by atoms with E-state index in [0.717, 1.165) is 45.0 Å². The number of ether oxygens (including phenoxy) is 3. The number of halogens is 1. The smallest absolute Gasteiger partial charge is 0.298 e. The summed E-state index contributed by atoms with van der Waals surface area (Å²) in [7, 11) is 1.89. The molecule has 9 heteroatoms. The molecule has 0 N–H and O–H groups in total. The molecule has 2 aliphatic heterocycles. The summed E-state index contributed by atoms with van der Waals surface area (Å²) in [5.74, 6) is 0.741. The second-order valence-corrected chi connectivity index (χ2v) is 6.31. The summed E-state index contributed by atoms with van der Waals surface area (Å²) >= 11 is 6.14. The first-order chi connectivity index (χ1) is 11.7. The van der Waals surface area contributed by atoms with Gasteiger partial charge < -0.3 is 19.1 Å². The van der Waals surface area contributed by atoms with Crippen LogP contribution in [-0.4, -0.2) is 65.1 Å². The molecule has 0 unspecified atom stereocenters. The molecular weight excluding hydrogens is 334 g/mol. The lowest BCUT2D eigenvalue weighted by molar-refractivity contribution is 0.0207. The molecule has 2 fully saturated rings. The van der Waals surface area contributed by atoms with Crippen molar-refractivity contribution in [3.63, 3.8) is 0 Å². The number of aromatic nitrogens is 4. The van der Waals surface area contributed by atoms with Crippen LogP contribution in [0.2, 0.25) is 5.28 Å². The largest absolute Gasteiger partial charge is 0.461 e. The highest BCUT2D eigenvalue weighted by atomic mass is 35.5. The number of hydrogen-bond donors (Lipinski definition) is 0. The minimum atomic E-state index is 0.115. The minimum Gasteiger partial charge on any atom is -0.461 e. The van der Waals surface area contributed by atoms with E-state index in [9.17, 15) is 0 Å². The van der Waals surface area contributed by atoms with Gasteiger partial charge in [-0.25, -0.2) is 0 Å². The van der Waals surface area contributed by atoms with E-state index < -0.39 is 0 Å². The Morgan fingerprint density at radius 2 is 1.75 bits per heavy atom. The highest BCUT2D eigenvalue weighted by Gasteiger charge is 2.24. The van der Waals surface area contributed by atoms with E-state index in [2.05, 4.69) is 19.9 Å². The maximum atomic E-state index is 6.14. The van der Waals surface area contributed by atoms with Gasteiger partial charge in [0, 0.05) is 33.0 Å². The molecule has 0 saturated carbocycles. The molecule has 0 amide bonds. The number of fused-ring (bicyclic) bond motifs is 1. The van der Waals surface area contributed by atoms with Crippen molar-refractivity contribution in [2.24, 2.45) is 7.05 Å². The molecule has 2 aliphatic rings. The van der Waals surface area contributed by atoms with Crippen molar-refractivity contribution in [2.45, 2.75) is 18.9 Å². The van der Waals surface area contributed by atoms with Crippen LogP contribution in [0.5, 0.6) is 6.01 Å². The van der Waals surface area contributed by atoms with Crippen LogP contribution < -0.4 is 9.64 Å². The number of hydrogen-bond acceptors (Lipinski definition) is 7. The monoisotopic (exact) mass is 353 g/mol. The third kappa shape index (κ3) is 3.01. The highest BCUT2D eigenvalue weighted by Crippen LogP contribution is 2.29. The molecule has 0 radical (unpaired) electrons. The topological polar surface area (TPSA) is 74.5 Å². The van der Waals surface area contributed by atoms with Gasteiger partial charge in [0.05, 0.1) is 26.4 Å². The summed E-state index contributed by atoms with van der Waals surface area (Å²) in [6.45, 7) is 4.30. The molecule has 24 heavy (non-hydrogen) atoms. The maximum absolute atomic E-state index is 6.14. The van der Waals surface area contributed by atoms with Gasteiger partial charge in [-0.2, -0.15) is 15.0 Å². The molecule has 130 valence electrons. The Labute approximate surface area is 144 Å². The summed E-state index contributed by atoms with van der Waals surface area (Å²) in [5.41, 5.74) is 1.39. The molecule has 4 rings (SSSR count). The summed E-state index contributed by atoms with van der Waals surface area (Å²) in [4.78, 5) is 15.5. The van der Waals surface area contributed by atoms with E-state index in [1.54, 1.807) is 0 Å². The van der Waals surface area contributed by atoms with E-state index in [4.69, 9.17) is 25.8 Å². The van der Waals surface area contributed by atoms with Crippen LogP contribution in [0.25, 0.3) is 11.2 Å². The zero-order chi connectivity index (χ0) is 16.5. The number of rotatable bonds is 3. The number of imidazole rings is 1. The molecule has 0 aliphatic carbocycles. The van der Waals surface area contributed by atoms with Gasteiger partial charge in [0.25, 0.3) is 6.01 Å². The Kier molecular flexibility index (Phi) is 4.43. The fraction of sp³-hybridized carbons (Fsp3) is 0.667. The second-order valence-electron chi connectivity index (χ2n) is 5.97. The van der Waals surface area contributed by atoms with Gasteiger partial charge in [-0.05, 0) is 11.6 Å². The zero-order valence-electron chi connectivity index (χ0n) is 13.6. The molecular formula is C15H20ClN5O3. The fourth-order valence-electron chi connectivity index (χ4n) is 3.04. The van der Waals surface area contributed by atoms with E-state index in [0.29, 0.717) is 30.4 Å². The first-order valence-electron chi connectivity index (χ1n) is 8.19. The average molecular weight is 354 g/mol. The van der Waals surface area contributed by atoms with Crippen molar-refractivity contribution in [3.8, 4) is 6.01 Å². The lowest BCUT2D eigenvalue weighted by Crippen LogP contribution is -2.37. The quantitative estimate of drug-likeness (QED) is 0.772. The minimum absolute atomic E-state index is 0.115. The van der Waals surface area contributed by atoms with Crippen molar-refractivity contribution in [2.75, 3.05) is 44.4 Å². The van der Waals surface area contributed by atoms with Crippen molar-refractivity contribution < 1.29 is 14.2 Å². The Bertz CT molecular complexity index is 725. The zero-order valence-corrected chi connectivity index (χ0v) is 14.3. The van der Waals surface area contributed by atoms with Crippen LogP contribution >= 0.6 is 11.6 Å². The van der Waals surface area contributed by atoms with E-state index >= 15 is 0 Å². The lowest BCUT2D eigenvalue weighted by Gasteiger charge is -2.27. The number of morpholine rings is 1. The van der Waals surface area contributed by atoms with Crippen LogP contribution in [0.1, 0.15) is 12.8 Å².